The number of fused-ring (bicyclic) bond motifs is 1. The smallest absolute Gasteiger partial charge is 0.0424 e. The van der Waals surface area contributed by atoms with Crippen LogP contribution in [-0.4, -0.2) is 6.54 Å². The fourth-order valence-electron chi connectivity index (χ4n) is 2.93. The van der Waals surface area contributed by atoms with Gasteiger partial charge in [0.25, 0.3) is 0 Å². The van der Waals surface area contributed by atoms with Crippen molar-refractivity contribution in [3.8, 4) is 0 Å². The second-order valence-corrected chi connectivity index (χ2v) is 6.31. The molecule has 0 atom stereocenters. The highest BCUT2D eigenvalue weighted by atomic mass is 79.9. The molecule has 1 aliphatic heterocycles. The summed E-state index contributed by atoms with van der Waals surface area (Å²) in [5.41, 5.74) is 7.90. The van der Waals surface area contributed by atoms with Crippen molar-refractivity contribution in [1.29, 1.82) is 0 Å². The van der Waals surface area contributed by atoms with Gasteiger partial charge in [-0.15, -0.1) is 0 Å². The maximum atomic E-state index is 3.59. The molecule has 0 bridgehead atoms. The van der Waals surface area contributed by atoms with Crippen molar-refractivity contribution in [2.75, 3.05) is 17.2 Å². The predicted molar refractivity (Wildman–Crippen MR) is 89.6 cm³/mol. The van der Waals surface area contributed by atoms with Gasteiger partial charge in [0, 0.05) is 28.9 Å². The zero-order chi connectivity index (χ0) is 14.1. The minimum atomic E-state index is 0.861. The largest absolute Gasteiger partial charge is 0.384 e. The third kappa shape index (κ3) is 2.55. The Morgan fingerprint density at radius 3 is 2.70 bits per heavy atom. The standard InChI is InChI=1S/C17H19BrN2/c1-11-8-15(18)9-12(2)16(11)20-10-14-5-3-4-13-6-7-19-17(13)14/h3-5,8-9,19-20H,6-7,10H2,1-2H3. The summed E-state index contributed by atoms with van der Waals surface area (Å²) >= 11 is 3.55. The van der Waals surface area contributed by atoms with Crippen LogP contribution in [0, 0.1) is 13.8 Å². The van der Waals surface area contributed by atoms with Crippen molar-refractivity contribution in [2.24, 2.45) is 0 Å². The molecular formula is C17H19BrN2. The van der Waals surface area contributed by atoms with Crippen LogP contribution in [-0.2, 0) is 13.0 Å². The number of aryl methyl sites for hydroxylation is 2. The van der Waals surface area contributed by atoms with Gasteiger partial charge < -0.3 is 10.6 Å². The van der Waals surface area contributed by atoms with Gasteiger partial charge in [-0.3, -0.25) is 0 Å². The molecule has 2 N–H and O–H groups in total. The van der Waals surface area contributed by atoms with Crippen LogP contribution in [0.2, 0.25) is 0 Å². The van der Waals surface area contributed by atoms with Crippen molar-refractivity contribution in [3.05, 3.63) is 57.1 Å². The van der Waals surface area contributed by atoms with Crippen LogP contribution >= 0.6 is 15.9 Å². The first-order valence-electron chi connectivity index (χ1n) is 7.00. The zero-order valence-electron chi connectivity index (χ0n) is 11.9. The summed E-state index contributed by atoms with van der Waals surface area (Å²) in [7, 11) is 0. The first-order chi connectivity index (χ1) is 9.65. The van der Waals surface area contributed by atoms with Crippen molar-refractivity contribution < 1.29 is 0 Å². The Bertz CT molecular complexity index is 626. The van der Waals surface area contributed by atoms with Crippen LogP contribution in [0.15, 0.2) is 34.8 Å². The van der Waals surface area contributed by atoms with E-state index in [1.54, 1.807) is 0 Å². The Balaban J connectivity index is 1.83. The predicted octanol–water partition coefficient (Wildman–Crippen LogP) is 4.65. The van der Waals surface area contributed by atoms with E-state index in [4.69, 9.17) is 0 Å². The highest BCUT2D eigenvalue weighted by molar-refractivity contribution is 9.10. The molecule has 3 rings (SSSR count). The number of hydrogen-bond donors (Lipinski definition) is 2. The van der Waals surface area contributed by atoms with E-state index in [1.807, 2.05) is 0 Å². The highest BCUT2D eigenvalue weighted by Gasteiger charge is 2.13. The summed E-state index contributed by atoms with van der Waals surface area (Å²) < 4.78 is 1.14. The van der Waals surface area contributed by atoms with Crippen LogP contribution < -0.4 is 10.6 Å². The number of halogens is 1. The van der Waals surface area contributed by atoms with Gasteiger partial charge in [0.1, 0.15) is 0 Å². The molecule has 0 amide bonds. The average molecular weight is 331 g/mol. The second kappa shape index (κ2) is 5.49. The fourth-order valence-corrected chi connectivity index (χ4v) is 3.62. The van der Waals surface area contributed by atoms with Crippen LogP contribution in [0.1, 0.15) is 22.3 Å². The average Bonchev–Trinajstić information content (AvgIpc) is 2.86. The minimum Gasteiger partial charge on any atom is -0.384 e. The molecular weight excluding hydrogens is 312 g/mol. The van der Waals surface area contributed by atoms with Gasteiger partial charge in [0.15, 0.2) is 0 Å². The molecule has 3 heteroatoms. The summed E-state index contributed by atoms with van der Waals surface area (Å²) in [6, 6.07) is 10.9. The van der Waals surface area contributed by atoms with E-state index in [0.29, 0.717) is 0 Å². The quantitative estimate of drug-likeness (QED) is 0.856. The lowest BCUT2D eigenvalue weighted by atomic mass is 10.1. The summed E-state index contributed by atoms with van der Waals surface area (Å²) in [6.45, 7) is 6.21. The lowest BCUT2D eigenvalue weighted by Crippen LogP contribution is -2.05. The van der Waals surface area contributed by atoms with Crippen molar-refractivity contribution in [3.63, 3.8) is 0 Å². The van der Waals surface area contributed by atoms with Gasteiger partial charge in [0.05, 0.1) is 0 Å². The molecule has 0 spiro atoms. The van der Waals surface area contributed by atoms with Gasteiger partial charge in [-0.05, 0) is 54.7 Å². The number of anilines is 2. The SMILES string of the molecule is Cc1cc(Br)cc(C)c1NCc1cccc2c1NCC2. The lowest BCUT2D eigenvalue weighted by Gasteiger charge is -2.15. The van der Waals surface area contributed by atoms with Gasteiger partial charge in [0.2, 0.25) is 0 Å². The number of hydrogen-bond acceptors (Lipinski definition) is 2. The van der Waals surface area contributed by atoms with Crippen LogP contribution in [0.5, 0.6) is 0 Å². The number of benzene rings is 2. The third-order valence-corrected chi connectivity index (χ3v) is 4.34. The van der Waals surface area contributed by atoms with Crippen LogP contribution in [0.3, 0.4) is 0 Å². The molecule has 1 heterocycles. The Morgan fingerprint density at radius 2 is 1.95 bits per heavy atom. The molecule has 0 saturated heterocycles. The second-order valence-electron chi connectivity index (χ2n) is 5.40. The summed E-state index contributed by atoms with van der Waals surface area (Å²) in [6.07, 6.45) is 1.14. The molecule has 2 aromatic rings. The number of nitrogens with one attached hydrogen (secondary N) is 2. The molecule has 0 saturated carbocycles. The van der Waals surface area contributed by atoms with Gasteiger partial charge >= 0.3 is 0 Å². The monoisotopic (exact) mass is 330 g/mol. The lowest BCUT2D eigenvalue weighted by molar-refractivity contribution is 1.11. The number of rotatable bonds is 3. The van der Waals surface area contributed by atoms with E-state index >= 15 is 0 Å². The summed E-state index contributed by atoms with van der Waals surface area (Å²) in [5, 5.41) is 7.09. The van der Waals surface area contributed by atoms with E-state index in [1.165, 1.54) is 33.6 Å². The minimum absolute atomic E-state index is 0.861. The Hall–Kier alpha value is -1.48. The third-order valence-electron chi connectivity index (χ3n) is 3.89. The van der Waals surface area contributed by atoms with Crippen LogP contribution in [0.4, 0.5) is 11.4 Å². The Kier molecular flexibility index (Phi) is 3.70. The van der Waals surface area contributed by atoms with Crippen LogP contribution in [0.25, 0.3) is 0 Å². The molecule has 104 valence electrons. The van der Waals surface area contributed by atoms with E-state index in [0.717, 1.165) is 24.0 Å². The normalized spacial score (nSPS) is 12.9. The summed E-state index contributed by atoms with van der Waals surface area (Å²) in [4.78, 5) is 0. The Morgan fingerprint density at radius 1 is 1.20 bits per heavy atom. The van der Waals surface area contributed by atoms with Gasteiger partial charge in [-0.2, -0.15) is 0 Å². The van der Waals surface area contributed by atoms with Crippen molar-refractivity contribution in [2.45, 2.75) is 26.8 Å². The van der Waals surface area contributed by atoms with Crippen molar-refractivity contribution in [1.82, 2.24) is 0 Å². The molecule has 0 aliphatic carbocycles. The fraction of sp³-hybridized carbons (Fsp3) is 0.294. The number of para-hydroxylation sites is 1. The summed E-state index contributed by atoms with van der Waals surface area (Å²) in [5.74, 6) is 0. The molecule has 0 aromatic heterocycles. The zero-order valence-corrected chi connectivity index (χ0v) is 13.5. The van der Waals surface area contributed by atoms with Crippen molar-refractivity contribution >= 4 is 27.3 Å². The van der Waals surface area contributed by atoms with Gasteiger partial charge in [-0.1, -0.05) is 34.1 Å². The molecule has 0 unspecified atom stereocenters. The van der Waals surface area contributed by atoms with E-state index in [-0.39, 0.29) is 0 Å². The molecule has 2 nitrogen and oxygen atoms in total. The maximum absolute atomic E-state index is 3.59. The molecule has 20 heavy (non-hydrogen) atoms. The molecule has 0 fully saturated rings. The molecule has 1 aliphatic rings. The maximum Gasteiger partial charge on any atom is 0.0424 e. The highest BCUT2D eigenvalue weighted by Crippen LogP contribution is 2.29. The van der Waals surface area contributed by atoms with Gasteiger partial charge in [-0.25, -0.2) is 0 Å². The first-order valence-corrected chi connectivity index (χ1v) is 7.79. The van der Waals surface area contributed by atoms with E-state index in [9.17, 15) is 0 Å². The first kappa shape index (κ1) is 13.5. The Labute approximate surface area is 128 Å². The van der Waals surface area contributed by atoms with E-state index < -0.39 is 0 Å². The molecule has 0 radical (unpaired) electrons. The molecule has 2 aromatic carbocycles. The topological polar surface area (TPSA) is 24.1 Å². The van der Waals surface area contributed by atoms with E-state index in [2.05, 4.69) is 70.7 Å².